The number of halogens is 2. The molecule has 1 heterocycles. The summed E-state index contributed by atoms with van der Waals surface area (Å²) in [6, 6.07) is 2.92. The van der Waals surface area contributed by atoms with Gasteiger partial charge in [-0.3, -0.25) is 9.59 Å². The van der Waals surface area contributed by atoms with E-state index >= 15 is 0 Å². The normalized spacial score (nSPS) is 27.0. The first-order valence-electron chi connectivity index (χ1n) is 9.00. The van der Waals surface area contributed by atoms with Crippen molar-refractivity contribution in [1.29, 1.82) is 0 Å². The predicted octanol–water partition coefficient (Wildman–Crippen LogP) is 2.70. The van der Waals surface area contributed by atoms with Gasteiger partial charge in [0, 0.05) is 24.1 Å². The molecule has 0 spiro atoms. The fraction of sp³-hybridized carbons (Fsp3) is 0.526. The summed E-state index contributed by atoms with van der Waals surface area (Å²) in [5.41, 5.74) is -0.714. The highest BCUT2D eigenvalue weighted by Crippen LogP contribution is 2.30. The molecule has 0 aromatic heterocycles. The van der Waals surface area contributed by atoms with Gasteiger partial charge in [0.25, 0.3) is 5.91 Å². The Kier molecular flexibility index (Phi) is 5.43. The molecule has 1 fully saturated rings. The number of esters is 1. The maximum atomic E-state index is 13.4. The fourth-order valence-electron chi connectivity index (χ4n) is 3.46. The molecule has 27 heavy (non-hydrogen) atoms. The molecule has 1 saturated carbocycles. The largest absolute Gasteiger partial charge is 0.466 e. The smallest absolute Gasteiger partial charge is 0.308 e. The summed E-state index contributed by atoms with van der Waals surface area (Å²) in [7, 11) is 0. The highest BCUT2D eigenvalue weighted by molar-refractivity contribution is 6.05. The monoisotopic (exact) mass is 380 g/mol. The number of hydrogen-bond donors (Lipinski definition) is 1. The molecular weight excluding hydrogens is 358 g/mol. The zero-order valence-corrected chi connectivity index (χ0v) is 15.3. The molecule has 0 radical (unpaired) electrons. The maximum Gasteiger partial charge on any atom is 0.308 e. The lowest BCUT2D eigenvalue weighted by molar-refractivity contribution is -0.148. The van der Waals surface area contributed by atoms with Crippen LogP contribution in [-0.4, -0.2) is 35.8 Å². The van der Waals surface area contributed by atoms with E-state index < -0.39 is 17.2 Å². The van der Waals surface area contributed by atoms with Crippen LogP contribution in [0.25, 0.3) is 0 Å². The molecule has 3 atom stereocenters. The Hall–Kier alpha value is -2.51. The van der Waals surface area contributed by atoms with Gasteiger partial charge in [-0.1, -0.05) is 5.16 Å². The summed E-state index contributed by atoms with van der Waals surface area (Å²) in [6.07, 6.45) is 1.94. The van der Waals surface area contributed by atoms with Crippen molar-refractivity contribution < 1.29 is 27.9 Å². The Labute approximate surface area is 155 Å². The van der Waals surface area contributed by atoms with Crippen LogP contribution in [0.5, 0.6) is 0 Å². The van der Waals surface area contributed by atoms with Gasteiger partial charge in [-0.2, -0.15) is 0 Å². The van der Waals surface area contributed by atoms with Crippen LogP contribution >= 0.6 is 0 Å². The molecule has 146 valence electrons. The van der Waals surface area contributed by atoms with E-state index in [1.54, 1.807) is 13.8 Å². The molecule has 1 amide bonds. The second-order valence-corrected chi connectivity index (χ2v) is 7.13. The van der Waals surface area contributed by atoms with Crippen molar-refractivity contribution >= 4 is 17.6 Å². The first kappa shape index (κ1) is 19.3. The van der Waals surface area contributed by atoms with Crippen molar-refractivity contribution in [2.24, 2.45) is 11.1 Å². The van der Waals surface area contributed by atoms with Crippen LogP contribution in [0.4, 0.5) is 8.78 Å². The molecule has 1 aliphatic heterocycles. The maximum absolute atomic E-state index is 13.4. The van der Waals surface area contributed by atoms with Gasteiger partial charge in [0.2, 0.25) is 5.60 Å². The van der Waals surface area contributed by atoms with Gasteiger partial charge in [0.1, 0.15) is 11.6 Å². The second kappa shape index (κ2) is 7.62. The Morgan fingerprint density at radius 3 is 2.67 bits per heavy atom. The van der Waals surface area contributed by atoms with Crippen LogP contribution in [0.1, 0.15) is 45.1 Å². The van der Waals surface area contributed by atoms with Crippen molar-refractivity contribution in [3.05, 3.63) is 35.4 Å². The van der Waals surface area contributed by atoms with Crippen LogP contribution in [0, 0.1) is 17.6 Å². The van der Waals surface area contributed by atoms with Gasteiger partial charge in [0.15, 0.2) is 0 Å². The van der Waals surface area contributed by atoms with E-state index in [9.17, 15) is 18.4 Å². The van der Waals surface area contributed by atoms with E-state index in [1.807, 2.05) is 0 Å². The minimum absolute atomic E-state index is 0.0930. The number of amides is 1. The predicted molar refractivity (Wildman–Crippen MR) is 92.9 cm³/mol. The number of nitrogens with zero attached hydrogens (tertiary/aromatic N) is 1. The van der Waals surface area contributed by atoms with E-state index in [-0.39, 0.29) is 35.8 Å². The summed E-state index contributed by atoms with van der Waals surface area (Å²) in [6.45, 7) is 3.66. The number of rotatable bonds is 5. The average Bonchev–Trinajstić information content (AvgIpc) is 3.22. The van der Waals surface area contributed by atoms with Crippen molar-refractivity contribution in [1.82, 2.24) is 5.32 Å². The SMILES string of the molecule is CCOC(=O)C1CCC(NC(=O)C2(C)CC(c3cc(F)cc(F)c3)=NO2)C1. The van der Waals surface area contributed by atoms with Gasteiger partial charge in [-0.25, -0.2) is 8.78 Å². The molecule has 1 aliphatic carbocycles. The highest BCUT2D eigenvalue weighted by Gasteiger charge is 2.44. The summed E-state index contributed by atoms with van der Waals surface area (Å²) in [5, 5.41) is 6.74. The summed E-state index contributed by atoms with van der Waals surface area (Å²) in [4.78, 5) is 29.8. The molecule has 1 aromatic carbocycles. The molecule has 1 aromatic rings. The second-order valence-electron chi connectivity index (χ2n) is 7.13. The third-order valence-corrected chi connectivity index (χ3v) is 4.93. The molecule has 3 rings (SSSR count). The van der Waals surface area contributed by atoms with Crippen molar-refractivity contribution in [2.45, 2.75) is 51.2 Å². The number of nitrogens with one attached hydrogen (secondary N) is 1. The van der Waals surface area contributed by atoms with Crippen LogP contribution < -0.4 is 5.32 Å². The quantitative estimate of drug-likeness (QED) is 0.797. The Bertz CT molecular complexity index is 763. The van der Waals surface area contributed by atoms with Crippen LogP contribution in [0.15, 0.2) is 23.4 Å². The van der Waals surface area contributed by atoms with E-state index in [1.165, 1.54) is 0 Å². The van der Waals surface area contributed by atoms with Crippen molar-refractivity contribution in [3.63, 3.8) is 0 Å². The molecule has 6 nitrogen and oxygen atoms in total. The lowest BCUT2D eigenvalue weighted by atomic mass is 9.94. The van der Waals surface area contributed by atoms with Crippen LogP contribution in [0.2, 0.25) is 0 Å². The Morgan fingerprint density at radius 1 is 1.30 bits per heavy atom. The molecule has 0 saturated heterocycles. The fourth-order valence-corrected chi connectivity index (χ4v) is 3.46. The lowest BCUT2D eigenvalue weighted by Crippen LogP contribution is -2.48. The van der Waals surface area contributed by atoms with Gasteiger partial charge < -0.3 is 14.9 Å². The standard InChI is InChI=1S/C19H22F2N2O4/c1-3-26-17(24)11-4-5-15(8-11)22-18(25)19(2)10-16(23-27-19)12-6-13(20)9-14(21)7-12/h6-7,9,11,15H,3-5,8,10H2,1-2H3,(H,22,25). The Morgan fingerprint density at radius 2 is 2.00 bits per heavy atom. The average molecular weight is 380 g/mol. The van der Waals surface area contributed by atoms with E-state index in [0.29, 0.717) is 31.6 Å². The number of carbonyl (C=O) groups excluding carboxylic acids is 2. The van der Waals surface area contributed by atoms with Crippen molar-refractivity contribution in [2.75, 3.05) is 6.61 Å². The molecule has 8 heteroatoms. The number of ether oxygens (including phenoxy) is 1. The zero-order chi connectivity index (χ0) is 19.6. The number of benzene rings is 1. The molecule has 0 bridgehead atoms. The zero-order valence-electron chi connectivity index (χ0n) is 15.3. The Balaban J connectivity index is 1.59. The third kappa shape index (κ3) is 4.26. The number of carbonyl (C=O) groups is 2. The summed E-state index contributed by atoms with van der Waals surface area (Å²) < 4.78 is 31.8. The van der Waals surface area contributed by atoms with Gasteiger partial charge in [-0.15, -0.1) is 0 Å². The van der Waals surface area contributed by atoms with Crippen LogP contribution in [0.3, 0.4) is 0 Å². The van der Waals surface area contributed by atoms with Gasteiger partial charge in [-0.05, 0) is 45.2 Å². The van der Waals surface area contributed by atoms with Crippen molar-refractivity contribution in [3.8, 4) is 0 Å². The van der Waals surface area contributed by atoms with Crippen LogP contribution in [-0.2, 0) is 19.2 Å². The van der Waals surface area contributed by atoms with E-state index in [4.69, 9.17) is 9.57 Å². The third-order valence-electron chi connectivity index (χ3n) is 4.93. The molecule has 3 unspecified atom stereocenters. The highest BCUT2D eigenvalue weighted by atomic mass is 19.1. The number of oxime groups is 1. The van der Waals surface area contributed by atoms with E-state index in [2.05, 4.69) is 10.5 Å². The first-order chi connectivity index (χ1) is 12.8. The lowest BCUT2D eigenvalue weighted by Gasteiger charge is -2.23. The summed E-state index contributed by atoms with van der Waals surface area (Å²) in [5.74, 6) is -2.26. The van der Waals surface area contributed by atoms with Gasteiger partial charge >= 0.3 is 5.97 Å². The molecule has 2 aliphatic rings. The first-order valence-corrected chi connectivity index (χ1v) is 9.00. The topological polar surface area (TPSA) is 77.0 Å². The molecule has 1 N–H and O–H groups in total. The minimum Gasteiger partial charge on any atom is -0.466 e. The molecular formula is C19H22F2N2O4. The number of hydrogen-bond acceptors (Lipinski definition) is 5. The van der Waals surface area contributed by atoms with Gasteiger partial charge in [0.05, 0.1) is 18.2 Å². The minimum atomic E-state index is -1.26. The van der Waals surface area contributed by atoms with E-state index in [0.717, 1.165) is 18.2 Å². The summed E-state index contributed by atoms with van der Waals surface area (Å²) >= 11 is 0.